The molecule has 1 amide bonds. The van der Waals surface area contributed by atoms with Crippen LogP contribution in [0.5, 0.6) is 0 Å². The summed E-state index contributed by atoms with van der Waals surface area (Å²) in [5.41, 5.74) is -0.111. The molecule has 0 aromatic carbocycles. The van der Waals surface area contributed by atoms with Crippen molar-refractivity contribution < 1.29 is 4.79 Å². The Kier molecular flexibility index (Phi) is 4.85. The van der Waals surface area contributed by atoms with Crippen LogP contribution in [-0.4, -0.2) is 61.5 Å². The highest BCUT2D eigenvalue weighted by molar-refractivity contribution is 5.83. The Bertz CT molecular complexity index is 303. The molecule has 2 heterocycles. The predicted molar refractivity (Wildman–Crippen MR) is 78.1 cm³/mol. The van der Waals surface area contributed by atoms with Gasteiger partial charge in [0.2, 0.25) is 5.91 Å². The topological polar surface area (TPSA) is 35.6 Å². The van der Waals surface area contributed by atoms with Crippen molar-refractivity contribution in [1.29, 1.82) is 0 Å². The fourth-order valence-electron chi connectivity index (χ4n) is 3.36. The maximum Gasteiger partial charge on any atom is 0.230 e. The number of rotatable bonds is 4. The van der Waals surface area contributed by atoms with Crippen LogP contribution >= 0.6 is 0 Å². The van der Waals surface area contributed by atoms with Crippen LogP contribution in [0.3, 0.4) is 0 Å². The fraction of sp³-hybridized carbons (Fsp3) is 0.933. The Labute approximate surface area is 117 Å². The lowest BCUT2D eigenvalue weighted by molar-refractivity contribution is -0.143. The molecule has 110 valence electrons. The molecule has 2 rings (SSSR count). The van der Waals surface area contributed by atoms with Gasteiger partial charge in [0.1, 0.15) is 0 Å². The molecule has 1 atom stereocenters. The number of hydrogen-bond donors (Lipinski definition) is 1. The van der Waals surface area contributed by atoms with E-state index in [0.717, 1.165) is 58.7 Å². The SMILES string of the molecule is CCC1(C(=O)N2CCN(CC(C)C)CC2)CCNC1. The van der Waals surface area contributed by atoms with Gasteiger partial charge in [-0.3, -0.25) is 9.69 Å². The van der Waals surface area contributed by atoms with Crippen molar-refractivity contribution in [2.24, 2.45) is 11.3 Å². The Balaban J connectivity index is 1.88. The first kappa shape index (κ1) is 14.8. The van der Waals surface area contributed by atoms with Crippen LogP contribution < -0.4 is 5.32 Å². The highest BCUT2D eigenvalue weighted by Crippen LogP contribution is 2.32. The maximum absolute atomic E-state index is 12.7. The van der Waals surface area contributed by atoms with E-state index >= 15 is 0 Å². The third kappa shape index (κ3) is 3.29. The summed E-state index contributed by atoms with van der Waals surface area (Å²) in [6, 6.07) is 0. The molecule has 4 heteroatoms. The first-order valence-electron chi connectivity index (χ1n) is 7.80. The standard InChI is InChI=1S/C15H29N3O/c1-4-15(5-6-16-12-15)14(19)18-9-7-17(8-10-18)11-13(2)3/h13,16H,4-12H2,1-3H3. The number of amides is 1. The van der Waals surface area contributed by atoms with Gasteiger partial charge in [-0.1, -0.05) is 20.8 Å². The molecule has 2 aliphatic heterocycles. The number of nitrogens with zero attached hydrogens (tertiary/aromatic N) is 2. The zero-order valence-electron chi connectivity index (χ0n) is 12.7. The largest absolute Gasteiger partial charge is 0.340 e. The normalized spacial score (nSPS) is 29.2. The zero-order chi connectivity index (χ0) is 13.9. The van der Waals surface area contributed by atoms with E-state index in [4.69, 9.17) is 0 Å². The summed E-state index contributed by atoms with van der Waals surface area (Å²) in [5, 5.41) is 3.36. The molecule has 0 spiro atoms. The number of nitrogens with one attached hydrogen (secondary N) is 1. The molecule has 0 aromatic heterocycles. The average Bonchev–Trinajstić information content (AvgIpc) is 2.88. The van der Waals surface area contributed by atoms with E-state index in [9.17, 15) is 4.79 Å². The summed E-state index contributed by atoms with van der Waals surface area (Å²) in [6.07, 6.45) is 1.97. The second-order valence-electron chi connectivity index (χ2n) is 6.55. The van der Waals surface area contributed by atoms with Crippen molar-refractivity contribution in [1.82, 2.24) is 15.1 Å². The van der Waals surface area contributed by atoms with Gasteiger partial charge < -0.3 is 10.2 Å². The molecule has 19 heavy (non-hydrogen) atoms. The van der Waals surface area contributed by atoms with Crippen LogP contribution in [0.2, 0.25) is 0 Å². The molecule has 2 fully saturated rings. The molecular weight excluding hydrogens is 238 g/mol. The van der Waals surface area contributed by atoms with Crippen LogP contribution in [0.25, 0.3) is 0 Å². The van der Waals surface area contributed by atoms with E-state index in [0.29, 0.717) is 11.8 Å². The molecule has 1 N–H and O–H groups in total. The number of piperazine rings is 1. The fourth-order valence-corrected chi connectivity index (χ4v) is 3.36. The quantitative estimate of drug-likeness (QED) is 0.831. The minimum Gasteiger partial charge on any atom is -0.340 e. The van der Waals surface area contributed by atoms with E-state index < -0.39 is 0 Å². The second-order valence-corrected chi connectivity index (χ2v) is 6.55. The predicted octanol–water partition coefficient (Wildman–Crippen LogP) is 1.18. The summed E-state index contributed by atoms with van der Waals surface area (Å²) >= 11 is 0. The van der Waals surface area contributed by atoms with Crippen LogP contribution in [0, 0.1) is 11.3 Å². The van der Waals surface area contributed by atoms with Crippen molar-refractivity contribution in [2.45, 2.75) is 33.6 Å². The molecule has 1 unspecified atom stereocenters. The minimum absolute atomic E-state index is 0.111. The van der Waals surface area contributed by atoms with Gasteiger partial charge in [-0.05, 0) is 25.3 Å². The monoisotopic (exact) mass is 267 g/mol. The van der Waals surface area contributed by atoms with E-state index in [2.05, 4.69) is 35.9 Å². The summed E-state index contributed by atoms with van der Waals surface area (Å²) in [4.78, 5) is 17.3. The Morgan fingerprint density at radius 3 is 2.42 bits per heavy atom. The smallest absolute Gasteiger partial charge is 0.230 e. The first-order chi connectivity index (χ1) is 9.07. The van der Waals surface area contributed by atoms with E-state index in [1.165, 1.54) is 0 Å². The van der Waals surface area contributed by atoms with Gasteiger partial charge in [-0.25, -0.2) is 0 Å². The summed E-state index contributed by atoms with van der Waals surface area (Å²) in [6.45, 7) is 13.6. The van der Waals surface area contributed by atoms with Gasteiger partial charge in [-0.2, -0.15) is 0 Å². The molecule has 2 aliphatic rings. The van der Waals surface area contributed by atoms with Gasteiger partial charge >= 0.3 is 0 Å². The van der Waals surface area contributed by atoms with Crippen LogP contribution in [0.15, 0.2) is 0 Å². The molecule has 2 saturated heterocycles. The van der Waals surface area contributed by atoms with Gasteiger partial charge in [0, 0.05) is 39.3 Å². The van der Waals surface area contributed by atoms with Gasteiger partial charge in [0.25, 0.3) is 0 Å². The molecule has 0 saturated carbocycles. The molecular formula is C15H29N3O. The Morgan fingerprint density at radius 2 is 1.95 bits per heavy atom. The summed E-state index contributed by atoms with van der Waals surface area (Å²) < 4.78 is 0. The lowest BCUT2D eigenvalue weighted by Gasteiger charge is -2.39. The number of carbonyl (C=O) groups excluding carboxylic acids is 1. The third-order valence-corrected chi connectivity index (χ3v) is 4.66. The highest BCUT2D eigenvalue weighted by Gasteiger charge is 2.42. The Hall–Kier alpha value is -0.610. The van der Waals surface area contributed by atoms with Crippen LogP contribution in [-0.2, 0) is 4.79 Å². The zero-order valence-corrected chi connectivity index (χ0v) is 12.7. The minimum atomic E-state index is -0.111. The lowest BCUT2D eigenvalue weighted by atomic mass is 9.82. The van der Waals surface area contributed by atoms with Crippen molar-refractivity contribution in [2.75, 3.05) is 45.8 Å². The maximum atomic E-state index is 12.7. The Morgan fingerprint density at radius 1 is 1.26 bits per heavy atom. The van der Waals surface area contributed by atoms with Gasteiger partial charge in [0.05, 0.1) is 5.41 Å². The third-order valence-electron chi connectivity index (χ3n) is 4.66. The first-order valence-corrected chi connectivity index (χ1v) is 7.80. The van der Waals surface area contributed by atoms with E-state index in [-0.39, 0.29) is 5.41 Å². The molecule has 0 radical (unpaired) electrons. The molecule has 0 bridgehead atoms. The van der Waals surface area contributed by atoms with E-state index in [1.807, 2.05) is 0 Å². The van der Waals surface area contributed by atoms with Gasteiger partial charge in [0.15, 0.2) is 0 Å². The summed E-state index contributed by atoms with van der Waals surface area (Å²) in [7, 11) is 0. The molecule has 4 nitrogen and oxygen atoms in total. The molecule has 0 aromatic rings. The van der Waals surface area contributed by atoms with E-state index in [1.54, 1.807) is 0 Å². The highest BCUT2D eigenvalue weighted by atomic mass is 16.2. The summed E-state index contributed by atoms with van der Waals surface area (Å²) in [5.74, 6) is 1.10. The van der Waals surface area contributed by atoms with Crippen LogP contribution in [0.1, 0.15) is 33.6 Å². The van der Waals surface area contributed by atoms with Crippen molar-refractivity contribution in [3.8, 4) is 0 Å². The van der Waals surface area contributed by atoms with Crippen LogP contribution in [0.4, 0.5) is 0 Å². The van der Waals surface area contributed by atoms with Crippen molar-refractivity contribution in [3.05, 3.63) is 0 Å². The number of hydrogen-bond acceptors (Lipinski definition) is 3. The van der Waals surface area contributed by atoms with Crippen molar-refractivity contribution in [3.63, 3.8) is 0 Å². The number of carbonyl (C=O) groups is 1. The lowest BCUT2D eigenvalue weighted by Crippen LogP contribution is -2.54. The second kappa shape index (κ2) is 6.23. The van der Waals surface area contributed by atoms with Crippen molar-refractivity contribution >= 4 is 5.91 Å². The van der Waals surface area contributed by atoms with Gasteiger partial charge in [-0.15, -0.1) is 0 Å². The molecule has 0 aliphatic carbocycles. The average molecular weight is 267 g/mol.